The smallest absolute Gasteiger partial charge is 0.440 e. The third kappa shape index (κ3) is 6.85. The van der Waals surface area contributed by atoms with Crippen molar-refractivity contribution in [3.05, 3.63) is 124 Å². The summed E-state index contributed by atoms with van der Waals surface area (Å²) in [5, 5.41) is 9.52. The predicted octanol–water partition coefficient (Wildman–Crippen LogP) is 7.06. The fraction of sp³-hybridized carbons (Fsp3) is 0.342. The van der Waals surface area contributed by atoms with Crippen molar-refractivity contribution in [2.24, 2.45) is 11.8 Å². The van der Waals surface area contributed by atoms with E-state index in [1.165, 1.54) is 11.1 Å². The molecule has 0 unspecified atom stereocenters. The van der Waals surface area contributed by atoms with Crippen molar-refractivity contribution in [1.29, 1.82) is 0 Å². The van der Waals surface area contributed by atoms with Crippen LogP contribution in [0.3, 0.4) is 0 Å². The maximum Gasteiger partial charge on any atom is 0.440 e. The van der Waals surface area contributed by atoms with E-state index in [1.54, 1.807) is 31.2 Å². The number of aromatic nitrogens is 1. The number of hydrogen-bond donors (Lipinski definition) is 1. The molecule has 6 rings (SSSR count). The summed E-state index contributed by atoms with van der Waals surface area (Å²) in [7, 11) is 0. The van der Waals surface area contributed by atoms with Crippen LogP contribution in [0.4, 0.5) is 19.0 Å². The number of pyridine rings is 1. The quantitative estimate of drug-likeness (QED) is 0.182. The third-order valence-corrected chi connectivity index (χ3v) is 9.98. The summed E-state index contributed by atoms with van der Waals surface area (Å²) in [4.78, 5) is 44.3. The number of anilines is 1. The molecule has 1 aliphatic carbocycles. The van der Waals surface area contributed by atoms with Crippen molar-refractivity contribution in [2.45, 2.75) is 57.8 Å². The molecular weight excluding hydrogens is 635 g/mol. The molecule has 1 N–H and O–H groups in total. The maximum absolute atomic E-state index is 15.2. The molecule has 0 amide bonds. The Morgan fingerprint density at radius 2 is 1.53 bits per heavy atom. The topological polar surface area (TPSA) is 92.1 Å². The second kappa shape index (κ2) is 14.3. The van der Waals surface area contributed by atoms with E-state index in [1.807, 2.05) is 12.1 Å². The van der Waals surface area contributed by atoms with Crippen molar-refractivity contribution in [3.8, 4) is 11.3 Å². The first-order valence-corrected chi connectivity index (χ1v) is 16.5. The lowest BCUT2D eigenvalue weighted by atomic mass is 9.77. The summed E-state index contributed by atoms with van der Waals surface area (Å²) >= 11 is 0. The molecule has 49 heavy (non-hydrogen) atoms. The van der Waals surface area contributed by atoms with Gasteiger partial charge in [0.15, 0.2) is 0 Å². The van der Waals surface area contributed by atoms with E-state index in [-0.39, 0.29) is 27.8 Å². The number of benzene rings is 3. The van der Waals surface area contributed by atoms with Crippen LogP contribution in [0.1, 0.15) is 53.2 Å². The number of carboxylic acids is 1. The first-order chi connectivity index (χ1) is 23.6. The molecule has 3 aromatic carbocycles. The molecule has 0 spiro atoms. The van der Waals surface area contributed by atoms with Crippen LogP contribution in [0, 0.1) is 11.8 Å². The standard InChI is InChI=1S/C38H38F3N3O5/c1-2-27-20-31(36(46)47)35(45)44(38(39,40)37(48)49-41)34(27)28-16-18-30(19-17-28)42-23-29-14-9-15-33(32(29)24-42)43(21-25-10-5-3-6-11-25)22-26-12-7-4-8-13-26/h3-8,10-13,16-20,29,32-33H,2,9,14-15,21-24H2,1H3,(H,46,47)/t29-,32+,33-/m1/s1. The molecule has 0 radical (unpaired) electrons. The first kappa shape index (κ1) is 34.0. The van der Waals surface area contributed by atoms with Crippen molar-refractivity contribution in [2.75, 3.05) is 18.0 Å². The molecule has 3 atom stereocenters. The van der Waals surface area contributed by atoms with Gasteiger partial charge in [-0.05, 0) is 71.6 Å². The molecule has 4 aromatic rings. The number of rotatable bonds is 11. The Balaban J connectivity index is 1.30. The van der Waals surface area contributed by atoms with Crippen LogP contribution in [0.15, 0.2) is 95.8 Å². The second-order valence-corrected chi connectivity index (χ2v) is 12.9. The number of halogens is 3. The van der Waals surface area contributed by atoms with E-state index in [0.29, 0.717) is 17.9 Å². The highest BCUT2D eigenvalue weighted by atomic mass is 19.3. The van der Waals surface area contributed by atoms with E-state index < -0.39 is 29.1 Å². The highest BCUT2D eigenvalue weighted by Gasteiger charge is 2.48. The lowest BCUT2D eigenvalue weighted by Crippen LogP contribution is -2.45. The normalized spacial score (nSPS) is 19.1. The summed E-state index contributed by atoms with van der Waals surface area (Å²) < 4.78 is 42.9. The van der Waals surface area contributed by atoms with E-state index in [0.717, 1.165) is 57.2 Å². The second-order valence-electron chi connectivity index (χ2n) is 12.9. The zero-order valence-corrected chi connectivity index (χ0v) is 27.1. The largest absolute Gasteiger partial charge is 0.477 e. The zero-order chi connectivity index (χ0) is 34.7. The van der Waals surface area contributed by atoms with E-state index >= 15 is 8.78 Å². The number of nitrogens with zero attached hydrogens (tertiary/aromatic N) is 3. The number of hydrogen-bond acceptors (Lipinski definition) is 6. The van der Waals surface area contributed by atoms with Crippen LogP contribution < -0.4 is 10.5 Å². The van der Waals surface area contributed by atoms with Gasteiger partial charge in [0.25, 0.3) is 5.56 Å². The van der Waals surface area contributed by atoms with Gasteiger partial charge in [-0.3, -0.25) is 9.69 Å². The van der Waals surface area contributed by atoms with Crippen molar-refractivity contribution < 1.29 is 32.9 Å². The fourth-order valence-electron chi connectivity index (χ4n) is 7.67. The molecule has 0 bridgehead atoms. The lowest BCUT2D eigenvalue weighted by molar-refractivity contribution is -0.226. The van der Waals surface area contributed by atoms with Crippen LogP contribution in [0.2, 0.25) is 0 Å². The summed E-state index contributed by atoms with van der Waals surface area (Å²) in [6.45, 7) is 4.92. The molecule has 1 saturated heterocycles. The molecule has 11 heteroatoms. The average molecular weight is 674 g/mol. The van der Waals surface area contributed by atoms with Crippen molar-refractivity contribution >= 4 is 17.6 Å². The van der Waals surface area contributed by atoms with Crippen LogP contribution in [-0.2, 0) is 35.3 Å². The summed E-state index contributed by atoms with van der Waals surface area (Å²) in [6.07, 6.45) is 3.38. The highest BCUT2D eigenvalue weighted by molar-refractivity contribution is 5.89. The third-order valence-electron chi connectivity index (χ3n) is 9.98. The number of carbonyl (C=O) groups is 2. The predicted molar refractivity (Wildman–Crippen MR) is 179 cm³/mol. The number of alkyl halides is 2. The Morgan fingerprint density at radius 3 is 2.08 bits per heavy atom. The van der Waals surface area contributed by atoms with Gasteiger partial charge in [0.05, 0.1) is 5.69 Å². The van der Waals surface area contributed by atoms with Gasteiger partial charge in [-0.1, -0.05) is 86.1 Å². The molecule has 1 saturated carbocycles. The van der Waals surface area contributed by atoms with Gasteiger partial charge in [0.1, 0.15) is 5.56 Å². The van der Waals surface area contributed by atoms with Crippen LogP contribution in [0.25, 0.3) is 11.3 Å². The maximum atomic E-state index is 15.2. The minimum absolute atomic E-state index is 0.0533. The molecule has 2 heterocycles. The molecule has 2 aliphatic rings. The molecule has 256 valence electrons. The van der Waals surface area contributed by atoms with Crippen molar-refractivity contribution in [3.63, 3.8) is 0 Å². The zero-order valence-electron chi connectivity index (χ0n) is 27.1. The molecular formula is C38H38F3N3O5. The van der Waals surface area contributed by atoms with Gasteiger partial charge in [-0.2, -0.15) is 8.78 Å². The number of fused-ring (bicyclic) bond motifs is 1. The number of carboxylic acid groups (broad SMARTS) is 1. The Hall–Kier alpha value is -4.90. The van der Waals surface area contributed by atoms with Crippen LogP contribution >= 0.6 is 0 Å². The van der Waals surface area contributed by atoms with Crippen LogP contribution in [-0.4, -0.2) is 45.6 Å². The summed E-state index contributed by atoms with van der Waals surface area (Å²) in [5.41, 5.74) is 0.618. The summed E-state index contributed by atoms with van der Waals surface area (Å²) in [5.74, 6) is -3.50. The number of aryl methyl sites for hydroxylation is 1. The number of aromatic carboxylic acids is 1. The number of carbonyl (C=O) groups excluding carboxylic acids is 1. The van der Waals surface area contributed by atoms with Gasteiger partial charge in [0.2, 0.25) is 0 Å². The van der Waals surface area contributed by atoms with E-state index in [4.69, 9.17) is 0 Å². The van der Waals surface area contributed by atoms with Gasteiger partial charge in [-0.15, -0.1) is 0 Å². The van der Waals surface area contributed by atoms with Gasteiger partial charge < -0.3 is 10.0 Å². The monoisotopic (exact) mass is 673 g/mol. The molecule has 8 nitrogen and oxygen atoms in total. The fourth-order valence-corrected chi connectivity index (χ4v) is 7.67. The van der Waals surface area contributed by atoms with Gasteiger partial charge in [-0.25, -0.2) is 19.1 Å². The van der Waals surface area contributed by atoms with E-state index in [9.17, 15) is 24.0 Å². The van der Waals surface area contributed by atoms with E-state index in [2.05, 4.69) is 63.3 Å². The Kier molecular flexibility index (Phi) is 9.91. The summed E-state index contributed by atoms with van der Waals surface area (Å²) in [6, 6.07) is 24.2. The Labute approximate surface area is 282 Å². The Bertz CT molecular complexity index is 1810. The highest BCUT2D eigenvalue weighted by Crippen LogP contribution is 2.42. The molecule has 2 fully saturated rings. The minimum atomic E-state index is -4.81. The average Bonchev–Trinajstić information content (AvgIpc) is 3.56. The van der Waals surface area contributed by atoms with Crippen LogP contribution in [0.5, 0.6) is 0 Å². The van der Waals surface area contributed by atoms with Gasteiger partial charge in [0, 0.05) is 42.4 Å². The van der Waals surface area contributed by atoms with Crippen molar-refractivity contribution in [1.82, 2.24) is 9.47 Å². The minimum Gasteiger partial charge on any atom is -0.477 e. The Morgan fingerprint density at radius 1 is 0.918 bits per heavy atom. The van der Waals surface area contributed by atoms with Gasteiger partial charge >= 0.3 is 18.0 Å². The lowest BCUT2D eigenvalue weighted by Gasteiger charge is -2.41. The first-order valence-electron chi connectivity index (χ1n) is 16.5. The SMILES string of the molecule is CCc1cc(C(=O)O)c(=O)n(C(F)(F)C(=O)OF)c1-c1ccc(N2C[C@H]3CCC[C@@H](N(Cc4ccccc4)Cc4ccccc4)[C@H]3C2)cc1. The molecule has 1 aliphatic heterocycles. The molecule has 1 aromatic heterocycles.